The van der Waals surface area contributed by atoms with Gasteiger partial charge < -0.3 is 9.47 Å². The Morgan fingerprint density at radius 2 is 1.38 bits per heavy atom. The number of hydrogen-bond donors (Lipinski definition) is 0. The van der Waals surface area contributed by atoms with E-state index in [1.165, 1.54) is 12.1 Å². The zero-order valence-electron chi connectivity index (χ0n) is 15.9. The SMILES string of the molecule is CCOC(=O)CN(c1ccc(Oc2ccccc2)cc1)S(=O)(=O)c1ccccc1. The summed E-state index contributed by atoms with van der Waals surface area (Å²) in [5.74, 6) is 0.588. The molecule has 6 nitrogen and oxygen atoms in total. The number of rotatable bonds is 8. The van der Waals surface area contributed by atoms with Crippen molar-refractivity contribution in [1.82, 2.24) is 0 Å². The molecule has 0 unspecified atom stereocenters. The van der Waals surface area contributed by atoms with Gasteiger partial charge in [0.05, 0.1) is 17.2 Å². The number of carbonyl (C=O) groups is 1. The number of anilines is 1. The van der Waals surface area contributed by atoms with Crippen molar-refractivity contribution in [3.63, 3.8) is 0 Å². The van der Waals surface area contributed by atoms with Crippen LogP contribution in [0.15, 0.2) is 89.8 Å². The molecule has 0 aliphatic rings. The van der Waals surface area contributed by atoms with Crippen LogP contribution in [0.25, 0.3) is 0 Å². The van der Waals surface area contributed by atoms with Crippen LogP contribution in [0.2, 0.25) is 0 Å². The van der Waals surface area contributed by atoms with E-state index in [1.54, 1.807) is 49.4 Å². The third-order valence-electron chi connectivity index (χ3n) is 4.01. The van der Waals surface area contributed by atoms with Gasteiger partial charge in [0, 0.05) is 0 Å². The predicted molar refractivity (Wildman–Crippen MR) is 111 cm³/mol. The van der Waals surface area contributed by atoms with Gasteiger partial charge in [-0.2, -0.15) is 0 Å². The third-order valence-corrected chi connectivity index (χ3v) is 5.80. The summed E-state index contributed by atoms with van der Waals surface area (Å²) in [4.78, 5) is 12.2. The molecule has 150 valence electrons. The Morgan fingerprint density at radius 1 is 0.828 bits per heavy atom. The lowest BCUT2D eigenvalue weighted by atomic mass is 10.3. The van der Waals surface area contributed by atoms with E-state index in [0.29, 0.717) is 17.2 Å². The molecule has 0 heterocycles. The summed E-state index contributed by atoms with van der Waals surface area (Å²) in [6.45, 7) is 1.41. The van der Waals surface area contributed by atoms with Gasteiger partial charge >= 0.3 is 5.97 Å². The van der Waals surface area contributed by atoms with Crippen LogP contribution >= 0.6 is 0 Å². The highest BCUT2D eigenvalue weighted by molar-refractivity contribution is 7.92. The molecule has 0 aromatic heterocycles. The average Bonchev–Trinajstić information content (AvgIpc) is 2.74. The van der Waals surface area contributed by atoms with E-state index in [1.807, 2.05) is 30.3 Å². The molecule has 0 amide bonds. The van der Waals surface area contributed by atoms with E-state index in [4.69, 9.17) is 9.47 Å². The van der Waals surface area contributed by atoms with Crippen molar-refractivity contribution >= 4 is 21.7 Å². The first-order valence-corrected chi connectivity index (χ1v) is 10.5. The maximum absolute atomic E-state index is 13.1. The van der Waals surface area contributed by atoms with Crippen LogP contribution in [0.4, 0.5) is 5.69 Å². The largest absolute Gasteiger partial charge is 0.465 e. The van der Waals surface area contributed by atoms with Gasteiger partial charge in [-0.15, -0.1) is 0 Å². The van der Waals surface area contributed by atoms with Gasteiger partial charge in [-0.1, -0.05) is 36.4 Å². The van der Waals surface area contributed by atoms with Crippen molar-refractivity contribution in [3.8, 4) is 11.5 Å². The number of esters is 1. The van der Waals surface area contributed by atoms with E-state index in [-0.39, 0.29) is 11.5 Å². The molecule has 3 aromatic carbocycles. The third kappa shape index (κ3) is 5.14. The highest BCUT2D eigenvalue weighted by Crippen LogP contribution is 2.28. The van der Waals surface area contributed by atoms with Crippen molar-refractivity contribution in [1.29, 1.82) is 0 Å². The summed E-state index contributed by atoms with van der Waals surface area (Å²) >= 11 is 0. The number of hydrogen-bond acceptors (Lipinski definition) is 5. The second-order valence-corrected chi connectivity index (χ2v) is 7.90. The minimum absolute atomic E-state index is 0.0916. The van der Waals surface area contributed by atoms with Crippen LogP contribution in [0.1, 0.15) is 6.92 Å². The maximum atomic E-state index is 13.1. The Balaban J connectivity index is 1.90. The predicted octanol–water partition coefficient (Wildman–Crippen LogP) is 4.24. The normalized spacial score (nSPS) is 10.9. The van der Waals surface area contributed by atoms with Gasteiger partial charge in [-0.05, 0) is 55.5 Å². The second-order valence-electron chi connectivity index (χ2n) is 6.04. The zero-order chi connectivity index (χ0) is 20.7. The number of carbonyl (C=O) groups excluding carboxylic acids is 1. The quantitative estimate of drug-likeness (QED) is 0.519. The maximum Gasteiger partial charge on any atom is 0.326 e. The first-order chi connectivity index (χ1) is 14.0. The lowest BCUT2D eigenvalue weighted by molar-refractivity contribution is -0.141. The Hall–Kier alpha value is -3.32. The minimum atomic E-state index is -3.95. The first-order valence-electron chi connectivity index (χ1n) is 9.07. The van der Waals surface area contributed by atoms with E-state index in [2.05, 4.69) is 0 Å². The average molecular weight is 411 g/mol. The van der Waals surface area contributed by atoms with Crippen molar-refractivity contribution in [2.75, 3.05) is 17.5 Å². The number of sulfonamides is 1. The lowest BCUT2D eigenvalue weighted by Gasteiger charge is -2.23. The highest BCUT2D eigenvalue weighted by Gasteiger charge is 2.27. The van der Waals surface area contributed by atoms with Gasteiger partial charge in [0.1, 0.15) is 18.0 Å². The molecule has 0 saturated carbocycles. The summed E-state index contributed by atoms with van der Waals surface area (Å²) in [5.41, 5.74) is 0.335. The fraction of sp³-hybridized carbons (Fsp3) is 0.136. The van der Waals surface area contributed by atoms with Gasteiger partial charge in [0.15, 0.2) is 0 Å². The molecule has 0 radical (unpaired) electrons. The number of para-hydroxylation sites is 1. The lowest BCUT2D eigenvalue weighted by Crippen LogP contribution is -2.36. The highest BCUT2D eigenvalue weighted by atomic mass is 32.2. The van der Waals surface area contributed by atoms with Crippen molar-refractivity contribution in [2.24, 2.45) is 0 Å². The summed E-state index contributed by atoms with van der Waals surface area (Å²) in [7, 11) is -3.95. The zero-order valence-corrected chi connectivity index (χ0v) is 16.7. The van der Waals surface area contributed by atoms with E-state index < -0.39 is 22.5 Å². The molecule has 0 saturated heterocycles. The van der Waals surface area contributed by atoms with Crippen LogP contribution in [0, 0.1) is 0 Å². The fourth-order valence-corrected chi connectivity index (χ4v) is 4.09. The summed E-state index contributed by atoms with van der Waals surface area (Å²) in [5, 5.41) is 0. The molecule has 7 heteroatoms. The molecular weight excluding hydrogens is 390 g/mol. The summed E-state index contributed by atoms with van der Waals surface area (Å²) < 4.78 is 38.0. The van der Waals surface area contributed by atoms with Gasteiger partial charge in [-0.25, -0.2) is 8.42 Å². The number of benzene rings is 3. The second kappa shape index (κ2) is 9.25. The first kappa shape index (κ1) is 20.4. The molecule has 0 bridgehead atoms. The Morgan fingerprint density at radius 3 is 1.97 bits per heavy atom. The molecule has 3 aromatic rings. The minimum Gasteiger partial charge on any atom is -0.465 e. The molecule has 0 spiro atoms. The van der Waals surface area contributed by atoms with Gasteiger partial charge in [-0.3, -0.25) is 9.10 Å². The Kier molecular flexibility index (Phi) is 6.51. The van der Waals surface area contributed by atoms with Crippen LogP contribution < -0.4 is 9.04 Å². The van der Waals surface area contributed by atoms with Gasteiger partial charge in [0.25, 0.3) is 10.0 Å². The molecular formula is C22H21NO5S. The van der Waals surface area contributed by atoms with E-state index in [0.717, 1.165) is 4.31 Å². The molecule has 0 aliphatic carbocycles. The van der Waals surface area contributed by atoms with Crippen molar-refractivity contribution in [3.05, 3.63) is 84.9 Å². The van der Waals surface area contributed by atoms with Crippen LogP contribution in [-0.2, 0) is 19.6 Å². The molecule has 0 fully saturated rings. The smallest absolute Gasteiger partial charge is 0.326 e. The van der Waals surface area contributed by atoms with E-state index >= 15 is 0 Å². The van der Waals surface area contributed by atoms with Crippen LogP contribution in [0.3, 0.4) is 0 Å². The Bertz CT molecular complexity index is 1040. The standard InChI is InChI=1S/C22H21NO5S/c1-2-27-22(24)17-23(29(25,26)21-11-7-4-8-12-21)18-13-15-20(16-14-18)28-19-9-5-3-6-10-19/h3-16H,2,17H2,1H3. The molecule has 0 aliphatic heterocycles. The van der Waals surface area contributed by atoms with Gasteiger partial charge in [0.2, 0.25) is 0 Å². The number of ether oxygens (including phenoxy) is 2. The van der Waals surface area contributed by atoms with Crippen LogP contribution in [0.5, 0.6) is 11.5 Å². The summed E-state index contributed by atoms with van der Waals surface area (Å²) in [6.07, 6.45) is 0. The van der Waals surface area contributed by atoms with Crippen molar-refractivity contribution < 1.29 is 22.7 Å². The Labute approximate surface area is 170 Å². The van der Waals surface area contributed by atoms with Crippen molar-refractivity contribution in [2.45, 2.75) is 11.8 Å². The molecule has 29 heavy (non-hydrogen) atoms. The van der Waals surface area contributed by atoms with Crippen LogP contribution in [-0.4, -0.2) is 27.5 Å². The van der Waals surface area contributed by atoms with E-state index in [9.17, 15) is 13.2 Å². The molecule has 0 atom stereocenters. The fourth-order valence-electron chi connectivity index (χ4n) is 2.66. The monoisotopic (exact) mass is 411 g/mol. The topological polar surface area (TPSA) is 72.9 Å². The summed E-state index contributed by atoms with van der Waals surface area (Å²) in [6, 6.07) is 23.7. The molecule has 3 rings (SSSR count). The molecule has 0 N–H and O–H groups in total. The number of nitrogens with zero attached hydrogens (tertiary/aromatic N) is 1.